The minimum atomic E-state index is -0.115. The van der Waals surface area contributed by atoms with Gasteiger partial charge in [-0.15, -0.1) is 0 Å². The summed E-state index contributed by atoms with van der Waals surface area (Å²) in [6.07, 6.45) is 1.54. The molecule has 78 valence electrons. The van der Waals surface area contributed by atoms with Gasteiger partial charge in [0.1, 0.15) is 4.60 Å². The molecule has 1 aromatic rings. The zero-order valence-corrected chi connectivity index (χ0v) is 11.1. The number of halogens is 2. The number of hydrogen-bond acceptors (Lipinski definition) is 2. The van der Waals surface area contributed by atoms with Gasteiger partial charge in [-0.05, 0) is 15.9 Å². The Morgan fingerprint density at radius 3 is 2.86 bits per heavy atom. The highest BCUT2D eigenvalue weighted by atomic mass is 79.9. The van der Waals surface area contributed by atoms with Crippen molar-refractivity contribution < 1.29 is 4.79 Å². The van der Waals surface area contributed by atoms with Gasteiger partial charge in [-0.2, -0.15) is 5.10 Å². The Hall–Kier alpha value is -0.360. The number of amides is 1. The van der Waals surface area contributed by atoms with Gasteiger partial charge < -0.3 is 5.32 Å². The van der Waals surface area contributed by atoms with Crippen LogP contribution >= 0.6 is 31.9 Å². The number of aryl methyl sites for hydroxylation is 1. The molecule has 1 heterocycles. The fourth-order valence-corrected chi connectivity index (χ4v) is 1.44. The molecule has 1 unspecified atom stereocenters. The topological polar surface area (TPSA) is 46.9 Å². The molecule has 14 heavy (non-hydrogen) atoms. The average molecular weight is 325 g/mol. The molecule has 1 aromatic heterocycles. The Labute approximate surface area is 99.3 Å². The number of carbonyl (C=O) groups is 1. The van der Waals surface area contributed by atoms with Crippen LogP contribution in [0.1, 0.15) is 17.3 Å². The summed E-state index contributed by atoms with van der Waals surface area (Å²) in [5, 5.41) is 6.74. The first kappa shape index (κ1) is 11.7. The van der Waals surface area contributed by atoms with E-state index in [1.54, 1.807) is 11.7 Å². The Bertz CT molecular complexity index is 335. The molecule has 1 rings (SSSR count). The average Bonchev–Trinajstić information content (AvgIpc) is 2.44. The molecule has 0 aliphatic heterocycles. The number of nitrogens with zero attached hydrogens (tertiary/aromatic N) is 2. The summed E-state index contributed by atoms with van der Waals surface area (Å²) >= 11 is 6.64. The number of nitrogens with one attached hydrogen (secondary N) is 1. The van der Waals surface area contributed by atoms with Crippen molar-refractivity contribution in [1.82, 2.24) is 15.1 Å². The van der Waals surface area contributed by atoms with Crippen LogP contribution in [0.15, 0.2) is 10.8 Å². The molecule has 0 aliphatic carbocycles. The molecule has 0 fully saturated rings. The van der Waals surface area contributed by atoms with Gasteiger partial charge in [0.05, 0.1) is 11.8 Å². The Balaban J connectivity index is 2.66. The minimum absolute atomic E-state index is 0.115. The van der Waals surface area contributed by atoms with Crippen LogP contribution in [0.4, 0.5) is 0 Å². The summed E-state index contributed by atoms with van der Waals surface area (Å²) in [4.78, 5) is 11.8. The second-order valence-electron chi connectivity index (χ2n) is 2.96. The number of aromatic nitrogens is 2. The van der Waals surface area contributed by atoms with Gasteiger partial charge in [-0.1, -0.05) is 22.9 Å². The van der Waals surface area contributed by atoms with Crippen LogP contribution in [0.3, 0.4) is 0 Å². The molecule has 1 N–H and O–H groups in total. The Morgan fingerprint density at radius 2 is 2.43 bits per heavy atom. The van der Waals surface area contributed by atoms with Crippen molar-refractivity contribution in [2.75, 3.05) is 6.54 Å². The van der Waals surface area contributed by atoms with Crippen LogP contribution in [-0.2, 0) is 7.05 Å². The molecule has 0 aromatic carbocycles. The van der Waals surface area contributed by atoms with Crippen LogP contribution in [0.25, 0.3) is 0 Å². The first-order valence-electron chi connectivity index (χ1n) is 4.12. The maximum absolute atomic E-state index is 11.6. The van der Waals surface area contributed by atoms with Crippen molar-refractivity contribution in [2.24, 2.45) is 7.05 Å². The highest BCUT2D eigenvalue weighted by Gasteiger charge is 2.13. The second-order valence-corrected chi connectivity index (χ2v) is 5.28. The lowest BCUT2D eigenvalue weighted by molar-refractivity contribution is 0.0953. The summed E-state index contributed by atoms with van der Waals surface area (Å²) in [7, 11) is 1.77. The standard InChI is InChI=1S/C8H11Br2N3O/c1-5(9)3-11-8(14)6-4-12-13(2)7(6)10/h4-5H,3H2,1-2H3,(H,11,14). The number of alkyl halides is 1. The van der Waals surface area contributed by atoms with E-state index < -0.39 is 0 Å². The smallest absolute Gasteiger partial charge is 0.255 e. The third-order valence-electron chi connectivity index (χ3n) is 1.65. The van der Waals surface area contributed by atoms with Crippen molar-refractivity contribution in [2.45, 2.75) is 11.8 Å². The van der Waals surface area contributed by atoms with Gasteiger partial charge in [0.25, 0.3) is 5.91 Å². The largest absolute Gasteiger partial charge is 0.351 e. The number of rotatable bonds is 3. The van der Waals surface area contributed by atoms with Crippen LogP contribution in [0.5, 0.6) is 0 Å². The monoisotopic (exact) mass is 323 g/mol. The molecule has 0 spiro atoms. The predicted molar refractivity (Wildman–Crippen MR) is 61.6 cm³/mol. The zero-order valence-electron chi connectivity index (χ0n) is 7.92. The van der Waals surface area contributed by atoms with Crippen LogP contribution in [0.2, 0.25) is 0 Å². The summed E-state index contributed by atoms with van der Waals surface area (Å²) in [5.41, 5.74) is 0.556. The lowest BCUT2D eigenvalue weighted by atomic mass is 10.3. The maximum Gasteiger partial charge on any atom is 0.255 e. The number of carbonyl (C=O) groups excluding carboxylic acids is 1. The summed E-state index contributed by atoms with van der Waals surface area (Å²) in [6, 6.07) is 0. The lowest BCUT2D eigenvalue weighted by Gasteiger charge is -2.05. The van der Waals surface area contributed by atoms with E-state index in [0.717, 1.165) is 0 Å². The van der Waals surface area contributed by atoms with Gasteiger partial charge in [0.15, 0.2) is 0 Å². The van der Waals surface area contributed by atoms with Crippen molar-refractivity contribution >= 4 is 37.8 Å². The SMILES string of the molecule is CC(Br)CNC(=O)c1cnn(C)c1Br. The Kier molecular flexibility index (Phi) is 4.12. The lowest BCUT2D eigenvalue weighted by Crippen LogP contribution is -2.28. The van der Waals surface area contributed by atoms with Gasteiger partial charge in [0, 0.05) is 18.4 Å². The molecular weight excluding hydrogens is 314 g/mol. The minimum Gasteiger partial charge on any atom is -0.351 e. The molecular formula is C8H11Br2N3O. The highest BCUT2D eigenvalue weighted by molar-refractivity contribution is 9.10. The van der Waals surface area contributed by atoms with E-state index in [4.69, 9.17) is 0 Å². The highest BCUT2D eigenvalue weighted by Crippen LogP contribution is 2.14. The van der Waals surface area contributed by atoms with Crippen LogP contribution in [-0.4, -0.2) is 27.1 Å². The summed E-state index contributed by atoms with van der Waals surface area (Å²) in [5.74, 6) is -0.115. The van der Waals surface area contributed by atoms with Crippen LogP contribution < -0.4 is 5.32 Å². The van der Waals surface area contributed by atoms with E-state index in [9.17, 15) is 4.79 Å². The first-order chi connectivity index (χ1) is 6.52. The first-order valence-corrected chi connectivity index (χ1v) is 5.83. The third-order valence-corrected chi connectivity index (χ3v) is 2.92. The molecule has 0 radical (unpaired) electrons. The van der Waals surface area contributed by atoms with Crippen molar-refractivity contribution in [3.05, 3.63) is 16.4 Å². The van der Waals surface area contributed by atoms with Crippen molar-refractivity contribution in [3.8, 4) is 0 Å². The fraction of sp³-hybridized carbons (Fsp3) is 0.500. The van der Waals surface area contributed by atoms with Crippen molar-refractivity contribution in [3.63, 3.8) is 0 Å². The molecule has 1 amide bonds. The van der Waals surface area contributed by atoms with Gasteiger partial charge in [-0.25, -0.2) is 0 Å². The molecule has 0 aliphatic rings. The molecule has 0 saturated heterocycles. The van der Waals surface area contributed by atoms with E-state index in [1.807, 2.05) is 6.92 Å². The molecule has 6 heteroatoms. The van der Waals surface area contributed by atoms with E-state index in [-0.39, 0.29) is 10.7 Å². The van der Waals surface area contributed by atoms with Crippen LogP contribution in [0, 0.1) is 0 Å². The van der Waals surface area contributed by atoms with Gasteiger partial charge in [-0.3, -0.25) is 9.48 Å². The molecule has 1 atom stereocenters. The van der Waals surface area contributed by atoms with Gasteiger partial charge in [0.2, 0.25) is 0 Å². The van der Waals surface area contributed by atoms with E-state index in [1.165, 1.54) is 6.20 Å². The fourth-order valence-electron chi connectivity index (χ4n) is 0.903. The maximum atomic E-state index is 11.6. The zero-order chi connectivity index (χ0) is 10.7. The molecule has 0 bridgehead atoms. The Morgan fingerprint density at radius 1 is 1.79 bits per heavy atom. The van der Waals surface area contributed by atoms with E-state index in [0.29, 0.717) is 16.7 Å². The molecule has 4 nitrogen and oxygen atoms in total. The van der Waals surface area contributed by atoms with E-state index >= 15 is 0 Å². The van der Waals surface area contributed by atoms with E-state index in [2.05, 4.69) is 42.3 Å². The van der Waals surface area contributed by atoms with Crippen molar-refractivity contribution in [1.29, 1.82) is 0 Å². The van der Waals surface area contributed by atoms with Gasteiger partial charge >= 0.3 is 0 Å². The molecule has 0 saturated carbocycles. The second kappa shape index (κ2) is 4.93. The third kappa shape index (κ3) is 2.81. The predicted octanol–water partition coefficient (Wildman–Crippen LogP) is 1.70. The quantitative estimate of drug-likeness (QED) is 0.860. The normalized spacial score (nSPS) is 12.6. The number of hydrogen-bond donors (Lipinski definition) is 1. The summed E-state index contributed by atoms with van der Waals surface area (Å²) < 4.78 is 2.30. The summed E-state index contributed by atoms with van der Waals surface area (Å²) in [6.45, 7) is 2.57.